The van der Waals surface area contributed by atoms with Crippen LogP contribution in [0.4, 0.5) is 13.2 Å². The Balaban J connectivity index is 0.000000433. The third-order valence-electron chi connectivity index (χ3n) is 4.82. The summed E-state index contributed by atoms with van der Waals surface area (Å²) < 4.78 is 39.4. The van der Waals surface area contributed by atoms with Crippen molar-refractivity contribution in [1.82, 2.24) is 10.2 Å². The van der Waals surface area contributed by atoms with Gasteiger partial charge in [0.25, 0.3) is 0 Å². The van der Waals surface area contributed by atoms with E-state index in [1.807, 2.05) is 0 Å². The van der Waals surface area contributed by atoms with Crippen molar-refractivity contribution < 1.29 is 43.2 Å². The van der Waals surface area contributed by atoms with Gasteiger partial charge in [-0.2, -0.15) is 13.2 Å². The van der Waals surface area contributed by atoms with Crippen LogP contribution < -0.4 is 5.32 Å². The summed E-state index contributed by atoms with van der Waals surface area (Å²) in [7, 11) is 0. The van der Waals surface area contributed by atoms with Gasteiger partial charge in [0.2, 0.25) is 0 Å². The number of nitrogens with zero attached hydrogens (tertiary/aromatic N) is 1. The summed E-state index contributed by atoms with van der Waals surface area (Å²) in [5.74, 6) is -2.56. The van der Waals surface area contributed by atoms with Gasteiger partial charge in [0, 0.05) is 19.6 Å². The first kappa shape index (κ1) is 27.8. The van der Waals surface area contributed by atoms with E-state index in [2.05, 4.69) is 24.1 Å². The first-order chi connectivity index (χ1) is 14.8. The molecule has 0 aliphatic carbocycles. The summed E-state index contributed by atoms with van der Waals surface area (Å²) in [4.78, 5) is 21.7. The highest BCUT2D eigenvalue weighted by molar-refractivity contribution is 5.83. The Morgan fingerprint density at radius 2 is 1.69 bits per heavy atom. The number of halogens is 3. The lowest BCUT2D eigenvalue weighted by Crippen LogP contribution is -2.39. The molecule has 1 aromatic carbocycles. The maximum absolute atomic E-state index is 13.1. The Labute approximate surface area is 184 Å². The number of carboxylic acid groups (broad SMARTS) is 2. The predicted octanol–water partition coefficient (Wildman–Crippen LogP) is 1.65. The number of carbonyl (C=O) groups is 2. The zero-order chi connectivity index (χ0) is 24.5. The molecule has 3 atom stereocenters. The largest absolute Gasteiger partial charge is 0.479 e. The van der Waals surface area contributed by atoms with E-state index in [0.29, 0.717) is 23.9 Å². The van der Waals surface area contributed by atoms with E-state index in [-0.39, 0.29) is 0 Å². The maximum atomic E-state index is 13.1. The number of nitrogens with one attached hydrogen (secondary N) is 1. The number of aliphatic hydroxyl groups is 2. The van der Waals surface area contributed by atoms with Crippen molar-refractivity contribution in [1.29, 1.82) is 0 Å². The molecule has 0 bridgehead atoms. The maximum Gasteiger partial charge on any atom is 0.416 e. The summed E-state index contributed by atoms with van der Waals surface area (Å²) in [6.07, 6.45) is -7.71. The zero-order valence-corrected chi connectivity index (χ0v) is 18.0. The summed E-state index contributed by atoms with van der Waals surface area (Å²) >= 11 is 0. The van der Waals surface area contributed by atoms with Crippen LogP contribution in [-0.4, -0.2) is 75.7 Å². The third kappa shape index (κ3) is 9.51. The van der Waals surface area contributed by atoms with Gasteiger partial charge < -0.3 is 25.7 Å². The van der Waals surface area contributed by atoms with Gasteiger partial charge in [-0.3, -0.25) is 4.90 Å². The molecule has 0 amide bonds. The van der Waals surface area contributed by atoms with Crippen LogP contribution >= 0.6 is 0 Å². The fourth-order valence-corrected chi connectivity index (χ4v) is 3.40. The fourth-order valence-electron chi connectivity index (χ4n) is 3.40. The molecule has 0 radical (unpaired) electrons. The molecule has 32 heavy (non-hydrogen) atoms. The molecule has 0 saturated carbocycles. The van der Waals surface area contributed by atoms with Crippen LogP contribution in [0.3, 0.4) is 0 Å². The van der Waals surface area contributed by atoms with E-state index in [1.165, 1.54) is 12.1 Å². The van der Waals surface area contributed by atoms with Crippen molar-refractivity contribution in [3.8, 4) is 0 Å². The van der Waals surface area contributed by atoms with Crippen molar-refractivity contribution >= 4 is 11.9 Å². The Bertz CT molecular complexity index is 720. The second-order valence-corrected chi connectivity index (χ2v) is 8.17. The summed E-state index contributed by atoms with van der Waals surface area (Å²) in [6.45, 7) is 8.24. The van der Waals surface area contributed by atoms with Crippen molar-refractivity contribution in [3.63, 3.8) is 0 Å². The molecule has 1 saturated heterocycles. The van der Waals surface area contributed by atoms with Crippen LogP contribution in [0.2, 0.25) is 0 Å². The molecule has 11 heteroatoms. The highest BCUT2D eigenvalue weighted by Gasteiger charge is 2.33. The minimum Gasteiger partial charge on any atom is -0.479 e. The number of hydrogen-bond acceptors (Lipinski definition) is 6. The molecular weight excluding hydrogens is 433 g/mol. The van der Waals surface area contributed by atoms with E-state index in [1.54, 1.807) is 12.1 Å². The van der Waals surface area contributed by atoms with Gasteiger partial charge in [0.1, 0.15) is 0 Å². The molecule has 182 valence electrons. The lowest BCUT2D eigenvalue weighted by molar-refractivity contribution is -0.165. The van der Waals surface area contributed by atoms with Gasteiger partial charge in [-0.05, 0) is 43.0 Å². The average Bonchev–Trinajstić information content (AvgIpc) is 3.19. The second kappa shape index (κ2) is 12.7. The Hall–Kier alpha value is -2.21. The van der Waals surface area contributed by atoms with Crippen LogP contribution in [0.5, 0.6) is 0 Å². The van der Waals surface area contributed by atoms with Crippen LogP contribution in [0.1, 0.15) is 31.4 Å². The van der Waals surface area contributed by atoms with Crippen LogP contribution in [-0.2, 0) is 22.3 Å². The topological polar surface area (TPSA) is 130 Å². The molecule has 2 rings (SSSR count). The normalized spacial score (nSPS) is 18.2. The van der Waals surface area contributed by atoms with Crippen molar-refractivity contribution in [2.24, 2.45) is 11.8 Å². The number of aliphatic carboxylic acids is 2. The average molecular weight is 464 g/mol. The Kier molecular flexibility index (Phi) is 11.1. The number of rotatable bonds is 9. The predicted molar refractivity (Wildman–Crippen MR) is 110 cm³/mol. The number of hydrogen-bond donors (Lipinski definition) is 5. The van der Waals surface area contributed by atoms with Gasteiger partial charge in [0.05, 0.1) is 5.56 Å². The minimum absolute atomic E-state index is 0.365. The summed E-state index contributed by atoms with van der Waals surface area (Å²) in [6, 6.07) is 5.93. The smallest absolute Gasteiger partial charge is 0.416 e. The zero-order valence-electron chi connectivity index (χ0n) is 18.0. The van der Waals surface area contributed by atoms with Gasteiger partial charge in [-0.15, -0.1) is 0 Å². The summed E-state index contributed by atoms with van der Waals surface area (Å²) in [5, 5.41) is 35.8. The van der Waals surface area contributed by atoms with Crippen molar-refractivity contribution in [2.45, 2.75) is 45.2 Å². The SMILES string of the molecule is CC(C)CN(Cc1ccccc1C(F)(F)F)C[C@@H]1CCNC1.O=C(O)[C@H](O)[C@@H](O)C(=O)O. The van der Waals surface area contributed by atoms with Crippen molar-refractivity contribution in [3.05, 3.63) is 35.4 Å². The first-order valence-corrected chi connectivity index (χ1v) is 10.2. The minimum atomic E-state index is -4.28. The van der Waals surface area contributed by atoms with E-state index in [0.717, 1.165) is 32.6 Å². The molecule has 0 spiro atoms. The lowest BCUT2D eigenvalue weighted by atomic mass is 10.0. The molecule has 8 nitrogen and oxygen atoms in total. The van der Waals surface area contributed by atoms with E-state index in [4.69, 9.17) is 20.4 Å². The van der Waals surface area contributed by atoms with Gasteiger partial charge in [-0.25, -0.2) is 9.59 Å². The third-order valence-corrected chi connectivity index (χ3v) is 4.82. The highest BCUT2D eigenvalue weighted by Crippen LogP contribution is 2.32. The standard InChI is InChI=1S/C17H25F3N2.C4H6O6/c1-13(2)10-22(11-14-7-8-21-9-14)12-15-5-3-4-6-16(15)17(18,19)20;5-1(3(7)8)2(6)4(9)10/h3-6,13-14,21H,7-12H2,1-2H3;1-2,5-6H,(H,7,8)(H,9,10)/t14-;1-,2-/m11/s1. The van der Waals surface area contributed by atoms with E-state index >= 15 is 0 Å². The Morgan fingerprint density at radius 3 is 2.12 bits per heavy atom. The molecule has 0 unspecified atom stereocenters. The van der Waals surface area contributed by atoms with Crippen LogP contribution in [0, 0.1) is 11.8 Å². The molecule has 0 aromatic heterocycles. The van der Waals surface area contributed by atoms with E-state index in [9.17, 15) is 22.8 Å². The number of carboxylic acids is 2. The lowest BCUT2D eigenvalue weighted by Gasteiger charge is -2.28. The second-order valence-electron chi connectivity index (χ2n) is 8.17. The monoisotopic (exact) mass is 464 g/mol. The van der Waals surface area contributed by atoms with Gasteiger partial charge in [-0.1, -0.05) is 32.0 Å². The van der Waals surface area contributed by atoms with Crippen molar-refractivity contribution in [2.75, 3.05) is 26.2 Å². The van der Waals surface area contributed by atoms with Gasteiger partial charge in [0.15, 0.2) is 12.2 Å². The molecule has 1 fully saturated rings. The molecule has 1 heterocycles. The molecular formula is C21H31F3N2O6. The van der Waals surface area contributed by atoms with Gasteiger partial charge >= 0.3 is 18.1 Å². The summed E-state index contributed by atoms with van der Waals surface area (Å²) in [5.41, 5.74) is -0.130. The van der Waals surface area contributed by atoms with Crippen LogP contribution in [0.15, 0.2) is 24.3 Å². The Morgan fingerprint density at radius 1 is 1.12 bits per heavy atom. The quantitative estimate of drug-likeness (QED) is 0.373. The molecule has 1 aromatic rings. The highest BCUT2D eigenvalue weighted by atomic mass is 19.4. The number of aliphatic hydroxyl groups excluding tert-OH is 2. The molecule has 1 aliphatic rings. The molecule has 1 aliphatic heterocycles. The number of alkyl halides is 3. The van der Waals surface area contributed by atoms with E-state index < -0.39 is 35.9 Å². The fraction of sp³-hybridized carbons (Fsp3) is 0.619. The van der Waals surface area contributed by atoms with Crippen LogP contribution in [0.25, 0.3) is 0 Å². The molecule has 5 N–H and O–H groups in total. The number of benzene rings is 1. The first-order valence-electron chi connectivity index (χ1n) is 10.2.